The van der Waals surface area contributed by atoms with E-state index in [1.165, 1.54) is 18.5 Å². The quantitative estimate of drug-likeness (QED) is 0.839. The first kappa shape index (κ1) is 16.8. The smallest absolute Gasteiger partial charge is 0.226 e. The van der Waals surface area contributed by atoms with Crippen molar-refractivity contribution in [3.8, 4) is 5.88 Å². The molecule has 2 heterocycles. The molecule has 2 atom stereocenters. The van der Waals surface area contributed by atoms with Gasteiger partial charge >= 0.3 is 0 Å². The normalized spacial score (nSPS) is 22.2. The van der Waals surface area contributed by atoms with Gasteiger partial charge in [-0.25, -0.2) is 14.4 Å². The molecule has 6 nitrogen and oxygen atoms in total. The maximum atomic E-state index is 13.0. The summed E-state index contributed by atoms with van der Waals surface area (Å²) in [5.74, 6) is 1.58. The van der Waals surface area contributed by atoms with Crippen molar-refractivity contribution in [2.45, 2.75) is 12.3 Å². The van der Waals surface area contributed by atoms with Gasteiger partial charge in [-0.05, 0) is 30.0 Å². The number of benzene rings is 1. The largest absolute Gasteiger partial charge is 0.481 e. The lowest BCUT2D eigenvalue weighted by atomic mass is 10.1. The van der Waals surface area contributed by atoms with Gasteiger partial charge in [-0.1, -0.05) is 12.1 Å². The first-order valence-corrected chi connectivity index (χ1v) is 8.81. The molecule has 1 aromatic carbocycles. The van der Waals surface area contributed by atoms with Crippen LogP contribution in [0.5, 0.6) is 5.88 Å². The standard InChI is InChI=1S/C19H21FN4O2/c1-26-18-11-17(21-12-22-18)23-6-8-24(9-7-23)19(25)16-10-15(16)13-2-4-14(20)5-3-13/h2-5,11-12,15-16H,6-10H2,1H3. The van der Waals surface area contributed by atoms with E-state index in [1.54, 1.807) is 19.2 Å². The molecule has 1 saturated heterocycles. The molecule has 136 valence electrons. The average molecular weight is 356 g/mol. The summed E-state index contributed by atoms with van der Waals surface area (Å²) in [6.45, 7) is 2.83. The predicted molar refractivity (Wildman–Crippen MR) is 94.6 cm³/mol. The lowest BCUT2D eigenvalue weighted by molar-refractivity contribution is -0.133. The van der Waals surface area contributed by atoms with Crippen LogP contribution in [0, 0.1) is 11.7 Å². The molecule has 0 bridgehead atoms. The molecule has 7 heteroatoms. The Morgan fingerprint density at radius 2 is 1.88 bits per heavy atom. The molecule has 2 fully saturated rings. The maximum Gasteiger partial charge on any atom is 0.226 e. The number of ether oxygens (including phenoxy) is 1. The highest BCUT2D eigenvalue weighted by molar-refractivity contribution is 5.83. The Labute approximate surface area is 151 Å². The number of hydrogen-bond acceptors (Lipinski definition) is 5. The number of carbonyl (C=O) groups is 1. The van der Waals surface area contributed by atoms with Gasteiger partial charge in [-0.15, -0.1) is 0 Å². The number of aromatic nitrogens is 2. The predicted octanol–water partition coefficient (Wildman–Crippen LogP) is 2.08. The second-order valence-electron chi connectivity index (χ2n) is 6.73. The minimum atomic E-state index is -0.241. The van der Waals surface area contributed by atoms with Gasteiger partial charge in [0.2, 0.25) is 11.8 Å². The number of halogens is 1. The molecule has 1 amide bonds. The number of hydrogen-bond donors (Lipinski definition) is 0. The summed E-state index contributed by atoms with van der Waals surface area (Å²) in [4.78, 5) is 25.1. The topological polar surface area (TPSA) is 58.6 Å². The van der Waals surface area contributed by atoms with E-state index in [4.69, 9.17) is 4.74 Å². The van der Waals surface area contributed by atoms with Gasteiger partial charge in [0.25, 0.3) is 0 Å². The number of carbonyl (C=O) groups excluding carboxylic acids is 1. The number of methoxy groups -OCH3 is 1. The summed E-state index contributed by atoms with van der Waals surface area (Å²) >= 11 is 0. The maximum absolute atomic E-state index is 13.0. The number of rotatable bonds is 4. The summed E-state index contributed by atoms with van der Waals surface area (Å²) < 4.78 is 18.2. The molecule has 2 aliphatic rings. The minimum absolute atomic E-state index is 0.0335. The van der Waals surface area contributed by atoms with Crippen LogP contribution in [0.4, 0.5) is 10.2 Å². The van der Waals surface area contributed by atoms with Crippen molar-refractivity contribution in [2.75, 3.05) is 38.2 Å². The third kappa shape index (κ3) is 3.34. The Morgan fingerprint density at radius 3 is 2.58 bits per heavy atom. The van der Waals surface area contributed by atoms with E-state index < -0.39 is 0 Å². The van der Waals surface area contributed by atoms with E-state index in [1.807, 2.05) is 11.0 Å². The highest BCUT2D eigenvalue weighted by Gasteiger charge is 2.46. The van der Waals surface area contributed by atoms with Crippen molar-refractivity contribution in [1.29, 1.82) is 0 Å². The molecule has 2 aromatic rings. The fourth-order valence-electron chi connectivity index (χ4n) is 3.55. The molecule has 1 aliphatic heterocycles. The van der Waals surface area contributed by atoms with Crippen LogP contribution >= 0.6 is 0 Å². The van der Waals surface area contributed by atoms with Crippen LogP contribution in [0.25, 0.3) is 0 Å². The third-order valence-electron chi connectivity index (χ3n) is 5.16. The first-order chi connectivity index (χ1) is 12.7. The van der Waals surface area contributed by atoms with Crippen molar-refractivity contribution in [1.82, 2.24) is 14.9 Å². The SMILES string of the molecule is COc1cc(N2CCN(C(=O)C3CC3c3ccc(F)cc3)CC2)ncn1. The average Bonchev–Trinajstić information content (AvgIpc) is 3.49. The molecule has 0 radical (unpaired) electrons. The summed E-state index contributed by atoms with van der Waals surface area (Å²) in [6.07, 6.45) is 2.34. The van der Waals surface area contributed by atoms with Crippen LogP contribution in [-0.2, 0) is 4.79 Å². The van der Waals surface area contributed by atoms with Crippen molar-refractivity contribution in [3.63, 3.8) is 0 Å². The second-order valence-corrected chi connectivity index (χ2v) is 6.73. The molecular weight excluding hydrogens is 335 g/mol. The Kier molecular flexibility index (Phi) is 4.44. The van der Waals surface area contributed by atoms with Gasteiger partial charge in [0, 0.05) is 38.2 Å². The van der Waals surface area contributed by atoms with Crippen molar-refractivity contribution < 1.29 is 13.9 Å². The number of nitrogens with zero attached hydrogens (tertiary/aromatic N) is 4. The molecule has 1 aromatic heterocycles. The molecule has 4 rings (SSSR count). The Morgan fingerprint density at radius 1 is 1.15 bits per heavy atom. The van der Waals surface area contributed by atoms with Crippen LogP contribution in [0.1, 0.15) is 17.9 Å². The summed E-state index contributed by atoms with van der Waals surface area (Å²) in [6, 6.07) is 8.30. The zero-order valence-electron chi connectivity index (χ0n) is 14.6. The summed E-state index contributed by atoms with van der Waals surface area (Å²) in [7, 11) is 1.58. The van der Waals surface area contributed by atoms with E-state index in [0.717, 1.165) is 30.9 Å². The van der Waals surface area contributed by atoms with E-state index in [9.17, 15) is 9.18 Å². The number of amides is 1. The van der Waals surface area contributed by atoms with E-state index in [-0.39, 0.29) is 23.6 Å². The highest BCUT2D eigenvalue weighted by Crippen LogP contribution is 2.48. The van der Waals surface area contributed by atoms with E-state index in [0.29, 0.717) is 19.0 Å². The first-order valence-electron chi connectivity index (χ1n) is 8.81. The van der Waals surface area contributed by atoms with Gasteiger partial charge in [0.15, 0.2) is 0 Å². The summed E-state index contributed by atoms with van der Waals surface area (Å²) in [5, 5.41) is 0. The van der Waals surface area contributed by atoms with Gasteiger partial charge in [0.05, 0.1) is 7.11 Å². The fourth-order valence-corrected chi connectivity index (χ4v) is 3.55. The van der Waals surface area contributed by atoms with Crippen molar-refractivity contribution in [2.24, 2.45) is 5.92 Å². The number of anilines is 1. The van der Waals surface area contributed by atoms with Crippen LogP contribution < -0.4 is 9.64 Å². The fraction of sp³-hybridized carbons (Fsp3) is 0.421. The molecule has 1 saturated carbocycles. The van der Waals surface area contributed by atoms with Crippen LogP contribution in [0.3, 0.4) is 0 Å². The molecule has 26 heavy (non-hydrogen) atoms. The minimum Gasteiger partial charge on any atom is -0.481 e. The Bertz CT molecular complexity index is 790. The summed E-state index contributed by atoms with van der Waals surface area (Å²) in [5.41, 5.74) is 1.05. The lowest BCUT2D eigenvalue weighted by Gasteiger charge is -2.35. The second kappa shape index (κ2) is 6.90. The molecule has 0 spiro atoms. The molecule has 1 aliphatic carbocycles. The van der Waals surface area contributed by atoms with Crippen LogP contribution in [0.2, 0.25) is 0 Å². The lowest BCUT2D eigenvalue weighted by Crippen LogP contribution is -2.49. The van der Waals surface area contributed by atoms with E-state index >= 15 is 0 Å². The Balaban J connectivity index is 1.33. The third-order valence-corrected chi connectivity index (χ3v) is 5.16. The van der Waals surface area contributed by atoms with E-state index in [2.05, 4.69) is 14.9 Å². The van der Waals surface area contributed by atoms with Gasteiger partial charge < -0.3 is 14.5 Å². The van der Waals surface area contributed by atoms with Crippen LogP contribution in [-0.4, -0.2) is 54.1 Å². The Hall–Kier alpha value is -2.70. The monoisotopic (exact) mass is 356 g/mol. The van der Waals surface area contributed by atoms with Crippen LogP contribution in [0.15, 0.2) is 36.7 Å². The van der Waals surface area contributed by atoms with Gasteiger partial charge in [-0.2, -0.15) is 0 Å². The zero-order chi connectivity index (χ0) is 18.1. The molecular formula is C19H21FN4O2. The number of piperazine rings is 1. The molecule has 2 unspecified atom stereocenters. The molecule has 0 N–H and O–H groups in total. The zero-order valence-corrected chi connectivity index (χ0v) is 14.6. The van der Waals surface area contributed by atoms with Crippen molar-refractivity contribution >= 4 is 11.7 Å². The van der Waals surface area contributed by atoms with Crippen molar-refractivity contribution in [3.05, 3.63) is 48.0 Å². The van der Waals surface area contributed by atoms with Gasteiger partial charge in [0.1, 0.15) is 18.0 Å². The van der Waals surface area contributed by atoms with Gasteiger partial charge in [-0.3, -0.25) is 4.79 Å². The highest BCUT2D eigenvalue weighted by atomic mass is 19.1.